The van der Waals surface area contributed by atoms with Crippen LogP contribution < -0.4 is 10.5 Å². The van der Waals surface area contributed by atoms with Gasteiger partial charge in [0.2, 0.25) is 0 Å². The lowest BCUT2D eigenvalue weighted by Crippen LogP contribution is -1.95. The summed E-state index contributed by atoms with van der Waals surface area (Å²) >= 11 is 5.97. The Labute approximate surface area is 122 Å². The summed E-state index contributed by atoms with van der Waals surface area (Å²) in [7, 11) is 0. The van der Waals surface area contributed by atoms with Crippen molar-refractivity contribution >= 4 is 22.5 Å². The number of hydrogen-bond donors (Lipinski definition) is 1. The van der Waals surface area contributed by atoms with Crippen LogP contribution in [0, 0.1) is 0 Å². The Kier molecular flexibility index (Phi) is 3.54. The molecule has 20 heavy (non-hydrogen) atoms. The minimum Gasteiger partial charge on any atom is -0.457 e. The van der Waals surface area contributed by atoms with E-state index < -0.39 is 0 Å². The molecule has 0 fully saturated rings. The summed E-state index contributed by atoms with van der Waals surface area (Å²) in [5, 5.41) is 1.59. The minimum absolute atomic E-state index is 0.525. The Morgan fingerprint density at radius 3 is 2.60 bits per heavy atom. The molecule has 0 unspecified atom stereocenters. The summed E-state index contributed by atoms with van der Waals surface area (Å²) < 4.78 is 5.91. The highest BCUT2D eigenvalue weighted by Gasteiger charge is 2.05. The van der Waals surface area contributed by atoms with Gasteiger partial charge in [-0.15, -0.1) is 0 Å². The third kappa shape index (κ3) is 2.59. The van der Waals surface area contributed by atoms with Gasteiger partial charge in [-0.05, 0) is 42.0 Å². The van der Waals surface area contributed by atoms with Crippen molar-refractivity contribution in [3.63, 3.8) is 0 Å². The van der Waals surface area contributed by atoms with E-state index in [1.54, 1.807) is 6.20 Å². The number of hydrogen-bond acceptors (Lipinski definition) is 3. The molecule has 0 amide bonds. The van der Waals surface area contributed by atoms with Gasteiger partial charge in [0.1, 0.15) is 11.5 Å². The molecule has 100 valence electrons. The van der Waals surface area contributed by atoms with Gasteiger partial charge in [-0.2, -0.15) is 0 Å². The maximum atomic E-state index is 5.97. The predicted octanol–water partition coefficient (Wildman–Crippen LogP) is 4.14. The van der Waals surface area contributed by atoms with Crippen LogP contribution in [0.1, 0.15) is 5.56 Å². The van der Waals surface area contributed by atoms with Gasteiger partial charge in [-0.25, -0.2) is 0 Å². The third-order valence-corrected chi connectivity index (χ3v) is 3.29. The summed E-state index contributed by atoms with van der Waals surface area (Å²) in [5.74, 6) is 1.52. The van der Waals surface area contributed by atoms with Crippen LogP contribution in [0.4, 0.5) is 0 Å². The molecule has 1 heterocycles. The first-order valence-electron chi connectivity index (χ1n) is 6.27. The van der Waals surface area contributed by atoms with Gasteiger partial charge < -0.3 is 10.5 Å². The molecule has 2 N–H and O–H groups in total. The predicted molar refractivity (Wildman–Crippen MR) is 81.2 cm³/mol. The maximum Gasteiger partial charge on any atom is 0.138 e. The lowest BCUT2D eigenvalue weighted by Gasteiger charge is -2.09. The van der Waals surface area contributed by atoms with Crippen molar-refractivity contribution in [1.29, 1.82) is 0 Å². The number of nitrogens with zero attached hydrogens (tertiary/aromatic N) is 1. The molecule has 0 radical (unpaired) electrons. The van der Waals surface area contributed by atoms with Gasteiger partial charge in [0.25, 0.3) is 0 Å². The number of fused-ring (bicyclic) bond motifs is 1. The second kappa shape index (κ2) is 5.49. The van der Waals surface area contributed by atoms with Crippen molar-refractivity contribution in [2.45, 2.75) is 6.54 Å². The van der Waals surface area contributed by atoms with Crippen molar-refractivity contribution in [2.75, 3.05) is 0 Å². The van der Waals surface area contributed by atoms with E-state index in [0.717, 1.165) is 28.0 Å². The Bertz CT molecular complexity index is 741. The van der Waals surface area contributed by atoms with Crippen LogP contribution in [0.15, 0.2) is 54.7 Å². The quantitative estimate of drug-likeness (QED) is 0.786. The molecule has 0 bridgehead atoms. The van der Waals surface area contributed by atoms with Crippen LogP contribution in [0.3, 0.4) is 0 Å². The highest BCUT2D eigenvalue weighted by atomic mass is 35.5. The SMILES string of the molecule is NCc1ccc(Oc2ccnc3cc(Cl)ccc23)cc1. The van der Waals surface area contributed by atoms with E-state index in [2.05, 4.69) is 4.98 Å². The lowest BCUT2D eigenvalue weighted by molar-refractivity contribution is 0.487. The molecule has 0 aliphatic carbocycles. The van der Waals surface area contributed by atoms with Crippen molar-refractivity contribution in [1.82, 2.24) is 4.98 Å². The van der Waals surface area contributed by atoms with Gasteiger partial charge in [-0.1, -0.05) is 23.7 Å². The zero-order valence-corrected chi connectivity index (χ0v) is 11.5. The van der Waals surface area contributed by atoms with Crippen LogP contribution in [0.5, 0.6) is 11.5 Å². The molecule has 0 spiro atoms. The Hall–Kier alpha value is -2.10. The number of benzene rings is 2. The van der Waals surface area contributed by atoms with E-state index in [1.165, 1.54) is 0 Å². The van der Waals surface area contributed by atoms with Crippen LogP contribution >= 0.6 is 11.6 Å². The molecular formula is C16H13ClN2O. The van der Waals surface area contributed by atoms with Crippen molar-refractivity contribution < 1.29 is 4.74 Å². The summed E-state index contributed by atoms with van der Waals surface area (Å²) in [6, 6.07) is 15.1. The first-order valence-corrected chi connectivity index (χ1v) is 6.65. The number of pyridine rings is 1. The van der Waals surface area contributed by atoms with Crippen LogP contribution in [0.25, 0.3) is 10.9 Å². The van der Waals surface area contributed by atoms with Crippen LogP contribution in [-0.4, -0.2) is 4.98 Å². The van der Waals surface area contributed by atoms with Gasteiger partial charge in [-0.3, -0.25) is 4.98 Å². The highest BCUT2D eigenvalue weighted by molar-refractivity contribution is 6.31. The largest absolute Gasteiger partial charge is 0.457 e. The molecule has 1 aromatic heterocycles. The number of rotatable bonds is 3. The van der Waals surface area contributed by atoms with Crippen LogP contribution in [0.2, 0.25) is 5.02 Å². The molecule has 0 aliphatic heterocycles. The second-order valence-electron chi connectivity index (χ2n) is 4.42. The number of ether oxygens (including phenoxy) is 1. The van der Waals surface area contributed by atoms with E-state index in [1.807, 2.05) is 48.5 Å². The Morgan fingerprint density at radius 2 is 1.85 bits per heavy atom. The minimum atomic E-state index is 0.525. The number of aromatic nitrogens is 1. The van der Waals surface area contributed by atoms with E-state index in [-0.39, 0.29) is 0 Å². The Balaban J connectivity index is 1.97. The average molecular weight is 285 g/mol. The zero-order valence-electron chi connectivity index (χ0n) is 10.7. The molecule has 4 heteroatoms. The molecule has 2 aromatic carbocycles. The number of nitrogens with two attached hydrogens (primary N) is 1. The average Bonchev–Trinajstić information content (AvgIpc) is 2.48. The Morgan fingerprint density at radius 1 is 1.05 bits per heavy atom. The first kappa shape index (κ1) is 12.9. The summed E-state index contributed by atoms with van der Waals surface area (Å²) in [4.78, 5) is 4.29. The number of halogens is 1. The van der Waals surface area contributed by atoms with Crippen LogP contribution in [-0.2, 0) is 6.54 Å². The smallest absolute Gasteiger partial charge is 0.138 e. The van der Waals surface area contributed by atoms with Gasteiger partial charge in [0.15, 0.2) is 0 Å². The molecule has 0 atom stereocenters. The molecule has 3 rings (SSSR count). The monoisotopic (exact) mass is 284 g/mol. The van der Waals surface area contributed by atoms with E-state index in [4.69, 9.17) is 22.1 Å². The van der Waals surface area contributed by atoms with Gasteiger partial charge in [0.05, 0.1) is 5.52 Å². The van der Waals surface area contributed by atoms with Crippen molar-refractivity contribution in [3.05, 3.63) is 65.3 Å². The standard InChI is InChI=1S/C16H13ClN2O/c17-12-3-6-14-15(9-12)19-8-7-16(14)20-13-4-1-11(10-18)2-5-13/h1-9H,10,18H2. The van der Waals surface area contributed by atoms with E-state index in [9.17, 15) is 0 Å². The van der Waals surface area contributed by atoms with Gasteiger partial charge in [0, 0.05) is 23.2 Å². The molecule has 0 saturated carbocycles. The summed E-state index contributed by atoms with van der Waals surface area (Å²) in [5.41, 5.74) is 7.47. The fourth-order valence-electron chi connectivity index (χ4n) is 2.00. The van der Waals surface area contributed by atoms with E-state index >= 15 is 0 Å². The molecule has 3 aromatic rings. The summed E-state index contributed by atoms with van der Waals surface area (Å²) in [6.07, 6.45) is 1.71. The maximum absolute atomic E-state index is 5.97. The first-order chi connectivity index (χ1) is 9.76. The second-order valence-corrected chi connectivity index (χ2v) is 4.86. The van der Waals surface area contributed by atoms with Crippen molar-refractivity contribution in [2.24, 2.45) is 5.73 Å². The molecule has 0 saturated heterocycles. The van der Waals surface area contributed by atoms with Gasteiger partial charge >= 0.3 is 0 Å². The fourth-order valence-corrected chi connectivity index (χ4v) is 2.17. The molecule has 3 nitrogen and oxygen atoms in total. The highest BCUT2D eigenvalue weighted by Crippen LogP contribution is 2.30. The molecule has 0 aliphatic rings. The van der Waals surface area contributed by atoms with E-state index in [0.29, 0.717) is 11.6 Å². The summed E-state index contributed by atoms with van der Waals surface area (Å²) in [6.45, 7) is 0.525. The normalized spacial score (nSPS) is 10.7. The van der Waals surface area contributed by atoms with Crippen molar-refractivity contribution in [3.8, 4) is 11.5 Å². The zero-order chi connectivity index (χ0) is 13.9. The fraction of sp³-hybridized carbons (Fsp3) is 0.0625. The molecular weight excluding hydrogens is 272 g/mol. The third-order valence-electron chi connectivity index (χ3n) is 3.05. The lowest BCUT2D eigenvalue weighted by atomic mass is 10.2. The topological polar surface area (TPSA) is 48.1 Å².